The normalized spacial score (nSPS) is 12.2. The van der Waals surface area contributed by atoms with Crippen LogP contribution in [0.1, 0.15) is 23.8 Å². The van der Waals surface area contributed by atoms with Crippen LogP contribution in [0.4, 0.5) is 5.82 Å². The molecule has 1 N–H and O–H groups in total. The summed E-state index contributed by atoms with van der Waals surface area (Å²) in [6, 6.07) is 3.56. The van der Waals surface area contributed by atoms with Gasteiger partial charge in [0.15, 0.2) is 11.5 Å². The van der Waals surface area contributed by atoms with Gasteiger partial charge in [0.05, 0.1) is 0 Å². The van der Waals surface area contributed by atoms with Crippen LogP contribution in [0.5, 0.6) is 0 Å². The number of carboxylic acids is 1. The Morgan fingerprint density at radius 3 is 2.65 bits per heavy atom. The molecule has 0 spiro atoms. The molecule has 0 aliphatic carbocycles. The summed E-state index contributed by atoms with van der Waals surface area (Å²) in [7, 11) is 1.95. The summed E-state index contributed by atoms with van der Waals surface area (Å²) in [5.74, 6) is 0.661. The second kappa shape index (κ2) is 6.44. The Bertz CT molecular complexity index is 369. The van der Waals surface area contributed by atoms with Crippen LogP contribution in [0, 0.1) is 0 Å². The van der Waals surface area contributed by atoms with Gasteiger partial charge in [-0.15, -0.1) is 10.2 Å². The van der Waals surface area contributed by atoms with Gasteiger partial charge < -0.3 is 10.0 Å². The molecule has 5 nitrogen and oxygen atoms in total. The van der Waals surface area contributed by atoms with E-state index >= 15 is 0 Å². The van der Waals surface area contributed by atoms with E-state index in [0.717, 1.165) is 12.2 Å². The Labute approximate surface area is 105 Å². The molecule has 0 saturated carbocycles. The zero-order chi connectivity index (χ0) is 12.8. The summed E-state index contributed by atoms with van der Waals surface area (Å²) in [4.78, 5) is 12.7. The Hall–Kier alpha value is -1.30. The Morgan fingerprint density at radius 1 is 1.53 bits per heavy atom. The minimum atomic E-state index is -1.05. The molecule has 1 heterocycles. The van der Waals surface area contributed by atoms with Crippen molar-refractivity contribution in [3.8, 4) is 0 Å². The van der Waals surface area contributed by atoms with Crippen molar-refractivity contribution >= 4 is 23.5 Å². The first-order valence-electron chi connectivity index (χ1n) is 5.39. The SMILES string of the molecule is CCC(CSC)N(C)c1ccc(C(=O)O)nn1. The molecule has 94 valence electrons. The van der Waals surface area contributed by atoms with Crippen molar-refractivity contribution in [3.05, 3.63) is 17.8 Å². The Kier molecular flexibility index (Phi) is 5.21. The first kappa shape index (κ1) is 13.8. The summed E-state index contributed by atoms with van der Waals surface area (Å²) in [5.41, 5.74) is -0.0277. The van der Waals surface area contributed by atoms with Crippen molar-refractivity contribution in [3.63, 3.8) is 0 Å². The average Bonchev–Trinajstić information content (AvgIpc) is 2.35. The largest absolute Gasteiger partial charge is 0.476 e. The zero-order valence-electron chi connectivity index (χ0n) is 10.3. The quantitative estimate of drug-likeness (QED) is 0.835. The van der Waals surface area contributed by atoms with Crippen LogP contribution in [0.2, 0.25) is 0 Å². The minimum absolute atomic E-state index is 0.0277. The highest BCUT2D eigenvalue weighted by Gasteiger charge is 2.15. The van der Waals surface area contributed by atoms with E-state index in [1.165, 1.54) is 6.07 Å². The van der Waals surface area contributed by atoms with Crippen LogP contribution >= 0.6 is 11.8 Å². The molecule has 0 aliphatic heterocycles. The molecule has 1 aromatic rings. The highest BCUT2D eigenvalue weighted by atomic mass is 32.2. The van der Waals surface area contributed by atoms with Gasteiger partial charge in [-0.3, -0.25) is 0 Å². The van der Waals surface area contributed by atoms with Gasteiger partial charge in [-0.05, 0) is 24.8 Å². The van der Waals surface area contributed by atoms with Gasteiger partial charge >= 0.3 is 5.97 Å². The highest BCUT2D eigenvalue weighted by molar-refractivity contribution is 7.98. The number of aromatic nitrogens is 2. The number of carbonyl (C=O) groups is 1. The molecule has 0 amide bonds. The number of nitrogens with zero attached hydrogens (tertiary/aromatic N) is 3. The van der Waals surface area contributed by atoms with Crippen LogP contribution in [0.3, 0.4) is 0 Å². The summed E-state index contributed by atoms with van der Waals surface area (Å²) < 4.78 is 0. The van der Waals surface area contributed by atoms with E-state index in [4.69, 9.17) is 5.11 Å². The molecular weight excluding hydrogens is 238 g/mol. The lowest BCUT2D eigenvalue weighted by molar-refractivity contribution is 0.0689. The molecule has 1 unspecified atom stereocenters. The van der Waals surface area contributed by atoms with Gasteiger partial charge in [0.2, 0.25) is 0 Å². The molecule has 0 fully saturated rings. The fourth-order valence-electron chi connectivity index (χ4n) is 1.51. The van der Waals surface area contributed by atoms with Crippen LogP contribution < -0.4 is 4.90 Å². The van der Waals surface area contributed by atoms with Gasteiger partial charge in [0, 0.05) is 18.8 Å². The van der Waals surface area contributed by atoms with Gasteiger partial charge in [-0.2, -0.15) is 11.8 Å². The number of thioether (sulfide) groups is 1. The van der Waals surface area contributed by atoms with E-state index in [9.17, 15) is 4.79 Å². The van der Waals surface area contributed by atoms with E-state index < -0.39 is 5.97 Å². The van der Waals surface area contributed by atoms with Crippen LogP contribution in [0.15, 0.2) is 12.1 Å². The summed E-state index contributed by atoms with van der Waals surface area (Å²) in [5, 5.41) is 16.3. The van der Waals surface area contributed by atoms with Crippen molar-refractivity contribution < 1.29 is 9.90 Å². The van der Waals surface area contributed by atoms with Crippen LogP contribution in [0.25, 0.3) is 0 Å². The first-order valence-corrected chi connectivity index (χ1v) is 6.78. The second-order valence-electron chi connectivity index (χ2n) is 3.71. The Balaban J connectivity index is 2.81. The number of aromatic carboxylic acids is 1. The van der Waals surface area contributed by atoms with Gasteiger partial charge in [0.1, 0.15) is 0 Å². The smallest absolute Gasteiger partial charge is 0.356 e. The minimum Gasteiger partial charge on any atom is -0.476 e. The Morgan fingerprint density at radius 2 is 2.24 bits per heavy atom. The van der Waals surface area contributed by atoms with Crippen LogP contribution in [-0.4, -0.2) is 46.4 Å². The molecule has 0 aromatic carbocycles. The third kappa shape index (κ3) is 3.59. The first-order chi connectivity index (χ1) is 8.10. The molecular formula is C11H17N3O2S. The number of rotatable bonds is 6. The van der Waals surface area contributed by atoms with E-state index in [1.807, 2.05) is 11.9 Å². The van der Waals surface area contributed by atoms with Crippen molar-refractivity contribution in [1.82, 2.24) is 10.2 Å². The van der Waals surface area contributed by atoms with Gasteiger partial charge in [0.25, 0.3) is 0 Å². The standard InChI is InChI=1S/C11H17N3O2S/c1-4-8(7-17-3)14(2)10-6-5-9(11(15)16)12-13-10/h5-6,8H,4,7H2,1-3H3,(H,15,16). The number of carboxylic acid groups (broad SMARTS) is 1. The van der Waals surface area contributed by atoms with Crippen molar-refractivity contribution in [2.24, 2.45) is 0 Å². The lowest BCUT2D eigenvalue weighted by Gasteiger charge is -2.27. The molecule has 1 atom stereocenters. The lowest BCUT2D eigenvalue weighted by atomic mass is 10.2. The molecule has 0 bridgehead atoms. The van der Waals surface area contributed by atoms with Crippen molar-refractivity contribution in [2.45, 2.75) is 19.4 Å². The predicted molar refractivity (Wildman–Crippen MR) is 69.9 cm³/mol. The number of hydrogen-bond acceptors (Lipinski definition) is 5. The zero-order valence-corrected chi connectivity index (χ0v) is 11.1. The summed E-state index contributed by atoms with van der Waals surface area (Å²) in [6.45, 7) is 2.12. The number of hydrogen-bond donors (Lipinski definition) is 1. The molecule has 6 heteroatoms. The second-order valence-corrected chi connectivity index (χ2v) is 4.62. The lowest BCUT2D eigenvalue weighted by Crippen LogP contribution is -2.34. The van der Waals surface area contributed by atoms with Gasteiger partial charge in [-0.1, -0.05) is 6.92 Å². The van der Waals surface area contributed by atoms with Crippen molar-refractivity contribution in [1.29, 1.82) is 0 Å². The molecule has 1 rings (SSSR count). The van der Waals surface area contributed by atoms with Crippen LogP contribution in [-0.2, 0) is 0 Å². The third-order valence-corrected chi connectivity index (χ3v) is 3.33. The highest BCUT2D eigenvalue weighted by Crippen LogP contribution is 2.15. The molecule has 0 aliphatic rings. The van der Waals surface area contributed by atoms with E-state index in [2.05, 4.69) is 23.4 Å². The maximum atomic E-state index is 10.7. The fraction of sp³-hybridized carbons (Fsp3) is 0.545. The average molecular weight is 255 g/mol. The number of anilines is 1. The third-order valence-electron chi connectivity index (χ3n) is 2.61. The maximum absolute atomic E-state index is 10.7. The summed E-state index contributed by atoms with van der Waals surface area (Å²) >= 11 is 1.78. The molecule has 1 aromatic heterocycles. The predicted octanol–water partition coefficient (Wildman–Crippen LogP) is 1.75. The van der Waals surface area contributed by atoms with Gasteiger partial charge in [-0.25, -0.2) is 4.79 Å². The molecule has 17 heavy (non-hydrogen) atoms. The summed E-state index contributed by atoms with van der Waals surface area (Å²) in [6.07, 6.45) is 3.08. The maximum Gasteiger partial charge on any atom is 0.356 e. The monoisotopic (exact) mass is 255 g/mol. The topological polar surface area (TPSA) is 66.3 Å². The molecule has 0 radical (unpaired) electrons. The molecule has 0 saturated heterocycles. The van der Waals surface area contributed by atoms with E-state index in [0.29, 0.717) is 11.9 Å². The van der Waals surface area contributed by atoms with E-state index in [-0.39, 0.29) is 5.69 Å². The van der Waals surface area contributed by atoms with E-state index in [1.54, 1.807) is 17.8 Å². The van der Waals surface area contributed by atoms with Crippen molar-refractivity contribution in [2.75, 3.05) is 24.0 Å². The fourth-order valence-corrected chi connectivity index (χ4v) is 2.35.